The Hall–Kier alpha value is 0.730. The Morgan fingerprint density at radius 1 is 0.650 bits per heavy atom. The maximum atomic E-state index is 3.58. The topological polar surface area (TPSA) is 0 Å². The molecule has 0 fully saturated rings. The maximum absolute atomic E-state index is 3.58. The molecule has 0 spiro atoms. The molecule has 0 heterocycles. The number of hydrogen-bond acceptors (Lipinski definition) is 0. The average Bonchev–Trinajstić information content (AvgIpc) is 2.40. The zero-order valence-corrected chi connectivity index (χ0v) is 16.4. The summed E-state index contributed by atoms with van der Waals surface area (Å²) in [7, 11) is 4.60. The summed E-state index contributed by atoms with van der Waals surface area (Å²) in [6, 6.07) is 0. The van der Waals surface area contributed by atoms with Gasteiger partial charge in [0.2, 0.25) is 0 Å². The number of hydrogen-bond donors (Lipinski definition) is 0. The van der Waals surface area contributed by atoms with E-state index in [2.05, 4.69) is 36.9 Å². The van der Waals surface area contributed by atoms with Gasteiger partial charge < -0.3 is 16.9 Å². The minimum atomic E-state index is 0. The number of unbranched alkanes of at least 4 members (excludes halogenated alkanes) is 11. The molecule has 0 bridgehead atoms. The second-order valence-corrected chi connectivity index (χ2v) is 7.17. The monoisotopic (exact) mass is 369 g/mol. The molecule has 0 saturated heterocycles. The van der Waals surface area contributed by atoms with Crippen LogP contribution in [0, 0.1) is 0 Å². The fourth-order valence-electron chi connectivity index (χ4n) is 2.44. The van der Waals surface area contributed by atoms with Crippen LogP contribution in [0.1, 0.15) is 84.0 Å². The van der Waals surface area contributed by atoms with Gasteiger partial charge in [-0.15, -0.1) is 0 Å². The van der Waals surface area contributed by atoms with Crippen molar-refractivity contribution in [3.63, 3.8) is 0 Å². The highest BCUT2D eigenvalue weighted by Gasteiger charge is 2.10. The first-order valence-electron chi connectivity index (χ1n) is 8.50. The molecule has 0 amide bonds. The molecule has 3 heteroatoms. The van der Waals surface area contributed by atoms with Gasteiger partial charge in [-0.2, -0.15) is 0 Å². The quantitative estimate of drug-likeness (QED) is 0.191. The minimum Gasteiger partial charge on any atom is -1.00 e. The molecule has 0 atom stereocenters. The Morgan fingerprint density at radius 2 is 1.00 bits per heavy atom. The lowest BCUT2D eigenvalue weighted by Crippen LogP contribution is -3.00. The number of halogens is 2. The van der Waals surface area contributed by atoms with E-state index in [1.54, 1.807) is 0 Å². The summed E-state index contributed by atoms with van der Waals surface area (Å²) in [5, 5.41) is 0. The molecule has 0 aliphatic rings. The third-order valence-corrected chi connectivity index (χ3v) is 5.30. The predicted octanol–water partition coefficient (Wildman–Crippen LogP) is 3.12. The van der Waals surface area contributed by atoms with Gasteiger partial charge in [-0.25, -0.2) is 0 Å². The van der Waals surface area contributed by atoms with Gasteiger partial charge in [0.1, 0.15) is 5.45 Å². The first-order chi connectivity index (χ1) is 9.12. The lowest BCUT2D eigenvalue weighted by molar-refractivity contribution is -0.876. The first kappa shape index (κ1) is 23.0. The van der Waals surface area contributed by atoms with Crippen molar-refractivity contribution in [2.24, 2.45) is 0 Å². The van der Waals surface area contributed by atoms with Crippen LogP contribution in [0.25, 0.3) is 0 Å². The van der Waals surface area contributed by atoms with E-state index in [1.807, 2.05) is 0 Å². The molecule has 0 aliphatic carbocycles. The number of quaternary nitrogens is 1. The van der Waals surface area contributed by atoms with E-state index in [9.17, 15) is 0 Å². The lowest BCUT2D eigenvalue weighted by atomic mass is 10.1. The summed E-state index contributed by atoms with van der Waals surface area (Å²) >= 11 is 3.58. The van der Waals surface area contributed by atoms with Crippen molar-refractivity contribution < 1.29 is 16.9 Å². The lowest BCUT2D eigenvalue weighted by Gasteiger charge is -2.26. The van der Waals surface area contributed by atoms with Gasteiger partial charge in [-0.1, -0.05) is 71.1 Å². The maximum Gasteiger partial charge on any atom is 0.133 e. The summed E-state index contributed by atoms with van der Waals surface area (Å²) in [5.41, 5.74) is 1.07. The van der Waals surface area contributed by atoms with Crippen molar-refractivity contribution in [2.45, 2.75) is 84.0 Å². The Labute approximate surface area is 143 Å². The molecular weight excluding hydrogens is 334 g/mol. The summed E-state index contributed by atoms with van der Waals surface area (Å²) in [6.45, 7) is 3.60. The van der Waals surface area contributed by atoms with Crippen LogP contribution in [0.2, 0.25) is 0 Å². The van der Waals surface area contributed by atoms with E-state index in [0.717, 1.165) is 9.94 Å². The average molecular weight is 371 g/mol. The smallest absolute Gasteiger partial charge is 0.133 e. The van der Waals surface area contributed by atoms with Crippen molar-refractivity contribution in [3.05, 3.63) is 0 Å². The zero-order chi connectivity index (χ0) is 14.4. The van der Waals surface area contributed by atoms with Crippen LogP contribution in [0.4, 0.5) is 0 Å². The summed E-state index contributed by atoms with van der Waals surface area (Å²) < 4.78 is 1.11. The fraction of sp³-hybridized carbons (Fsp3) is 1.00. The Kier molecular flexibility index (Phi) is 18.5. The van der Waals surface area contributed by atoms with Gasteiger partial charge in [0.15, 0.2) is 0 Å². The Bertz CT molecular complexity index is 186. The van der Waals surface area contributed by atoms with Crippen LogP contribution in [-0.4, -0.2) is 30.6 Å². The van der Waals surface area contributed by atoms with Gasteiger partial charge in [-0.3, -0.25) is 0 Å². The second kappa shape index (κ2) is 16.1. The van der Waals surface area contributed by atoms with E-state index in [4.69, 9.17) is 0 Å². The van der Waals surface area contributed by atoms with Crippen molar-refractivity contribution in [1.82, 2.24) is 0 Å². The predicted molar refractivity (Wildman–Crippen MR) is 91.8 cm³/mol. The van der Waals surface area contributed by atoms with E-state index in [1.165, 1.54) is 83.6 Å². The molecular formula is C17H37BrClN. The molecule has 0 radical (unpaired) electrons. The summed E-state index contributed by atoms with van der Waals surface area (Å²) in [6.07, 6.45) is 17.3. The fourth-order valence-corrected chi connectivity index (χ4v) is 2.69. The summed E-state index contributed by atoms with van der Waals surface area (Å²) in [4.78, 5) is 0. The number of alkyl halides is 1. The number of rotatable bonds is 14. The summed E-state index contributed by atoms with van der Waals surface area (Å²) in [5.74, 6) is 0. The van der Waals surface area contributed by atoms with Gasteiger partial charge >= 0.3 is 0 Å². The molecule has 0 unspecified atom stereocenters. The molecule has 0 aromatic heterocycles. The van der Waals surface area contributed by atoms with Gasteiger partial charge in [0.05, 0.1) is 20.6 Å². The van der Waals surface area contributed by atoms with Crippen LogP contribution < -0.4 is 12.4 Å². The second-order valence-electron chi connectivity index (χ2n) is 6.67. The normalized spacial score (nSPS) is 11.4. The van der Waals surface area contributed by atoms with Crippen molar-refractivity contribution in [3.8, 4) is 0 Å². The standard InChI is InChI=1S/C17H37BrN.ClH/c1-4-5-6-7-8-9-10-11-12-13-14-15-16-19(2,3)17-18;/h4-17H2,1-3H3;1H/q+1;/p-1. The molecule has 20 heavy (non-hydrogen) atoms. The molecule has 124 valence electrons. The van der Waals surface area contributed by atoms with Gasteiger partial charge in [0, 0.05) is 0 Å². The molecule has 0 saturated carbocycles. The van der Waals surface area contributed by atoms with Gasteiger partial charge in [-0.05, 0) is 28.8 Å². The molecule has 0 aromatic rings. The van der Waals surface area contributed by atoms with Crippen LogP contribution in [0.3, 0.4) is 0 Å². The molecule has 0 rings (SSSR count). The van der Waals surface area contributed by atoms with Crippen molar-refractivity contribution in [2.75, 3.05) is 26.1 Å². The highest BCUT2D eigenvalue weighted by molar-refractivity contribution is 9.09. The minimum absolute atomic E-state index is 0. The van der Waals surface area contributed by atoms with Crippen molar-refractivity contribution in [1.29, 1.82) is 0 Å². The molecule has 0 aromatic carbocycles. The SMILES string of the molecule is CCCCCCCCCCCCCC[N+](C)(C)CBr.[Cl-]. The molecule has 0 aliphatic heterocycles. The van der Waals surface area contributed by atoms with Crippen LogP contribution in [-0.2, 0) is 0 Å². The van der Waals surface area contributed by atoms with Crippen LogP contribution in [0.5, 0.6) is 0 Å². The van der Waals surface area contributed by atoms with E-state index < -0.39 is 0 Å². The highest BCUT2D eigenvalue weighted by atomic mass is 79.9. The Morgan fingerprint density at radius 3 is 1.35 bits per heavy atom. The third-order valence-electron chi connectivity index (χ3n) is 3.94. The Balaban J connectivity index is 0. The van der Waals surface area contributed by atoms with E-state index >= 15 is 0 Å². The zero-order valence-electron chi connectivity index (χ0n) is 14.1. The van der Waals surface area contributed by atoms with Crippen LogP contribution in [0.15, 0.2) is 0 Å². The van der Waals surface area contributed by atoms with E-state index in [-0.39, 0.29) is 12.4 Å². The van der Waals surface area contributed by atoms with E-state index in [0.29, 0.717) is 0 Å². The largest absolute Gasteiger partial charge is 1.00 e. The number of nitrogens with zero attached hydrogens (tertiary/aromatic N) is 1. The van der Waals surface area contributed by atoms with Crippen LogP contribution >= 0.6 is 15.9 Å². The highest BCUT2D eigenvalue weighted by Crippen LogP contribution is 2.12. The van der Waals surface area contributed by atoms with Crippen molar-refractivity contribution >= 4 is 15.9 Å². The van der Waals surface area contributed by atoms with Gasteiger partial charge in [0.25, 0.3) is 0 Å². The third kappa shape index (κ3) is 16.8. The molecule has 0 N–H and O–H groups in total. The molecule has 1 nitrogen and oxygen atoms in total. The first-order valence-corrected chi connectivity index (χ1v) is 9.62.